The monoisotopic (exact) mass is 175 g/mol. The molecule has 0 aliphatic heterocycles. The maximum atomic E-state index is 3.20. The van der Waals surface area contributed by atoms with E-state index in [9.17, 15) is 0 Å². The van der Waals surface area contributed by atoms with Crippen molar-refractivity contribution in [1.82, 2.24) is 5.32 Å². The van der Waals surface area contributed by atoms with Gasteiger partial charge in [-0.05, 0) is 20.4 Å². The lowest BCUT2D eigenvalue weighted by Crippen LogP contribution is -2.20. The van der Waals surface area contributed by atoms with Gasteiger partial charge in [0.2, 0.25) is 0 Å². The summed E-state index contributed by atoms with van der Waals surface area (Å²) in [5.74, 6) is 0. The van der Waals surface area contributed by atoms with E-state index in [4.69, 9.17) is 0 Å². The molecule has 0 radical (unpaired) electrons. The predicted octanol–water partition coefficient (Wildman–Crippen LogP) is 3.84. The van der Waals surface area contributed by atoms with Crippen LogP contribution in [0.2, 0.25) is 0 Å². The molecule has 0 aromatic carbocycles. The highest BCUT2D eigenvalue weighted by atomic mass is 14.8. The van der Waals surface area contributed by atoms with Gasteiger partial charge in [-0.15, -0.1) is 0 Å². The third kappa shape index (κ3) is 22.5. The topological polar surface area (TPSA) is 12.0 Å². The second kappa shape index (κ2) is 22.4. The van der Waals surface area contributed by atoms with Gasteiger partial charge in [0.1, 0.15) is 0 Å². The Balaban J connectivity index is -0.000000175. The normalized spacial score (nSPS) is 10.2. The van der Waals surface area contributed by atoms with E-state index in [1.165, 1.54) is 19.3 Å². The van der Waals surface area contributed by atoms with E-state index in [-0.39, 0.29) is 0 Å². The summed E-state index contributed by atoms with van der Waals surface area (Å²) in [5.41, 5.74) is 0. The second-order valence-corrected chi connectivity index (χ2v) is 2.33. The Morgan fingerprint density at radius 3 is 1.75 bits per heavy atom. The van der Waals surface area contributed by atoms with Gasteiger partial charge in [-0.25, -0.2) is 0 Å². The van der Waals surface area contributed by atoms with Crippen molar-refractivity contribution in [3.05, 3.63) is 0 Å². The van der Waals surface area contributed by atoms with E-state index in [0.29, 0.717) is 6.04 Å². The van der Waals surface area contributed by atoms with Crippen molar-refractivity contribution in [3.8, 4) is 0 Å². The molecule has 0 aliphatic carbocycles. The summed E-state index contributed by atoms with van der Waals surface area (Å²) in [6.45, 7) is 12.4. The first-order valence-electron chi connectivity index (χ1n) is 5.48. The van der Waals surface area contributed by atoms with Crippen LogP contribution in [0.1, 0.15) is 60.8 Å². The van der Waals surface area contributed by atoms with E-state index in [1.807, 2.05) is 34.7 Å². The molecular weight excluding hydrogens is 146 g/mol. The summed E-state index contributed by atoms with van der Waals surface area (Å²) in [6.07, 6.45) is 3.97. The van der Waals surface area contributed by atoms with Gasteiger partial charge in [0, 0.05) is 6.04 Å². The minimum absolute atomic E-state index is 0.704. The molecule has 0 bridgehead atoms. The van der Waals surface area contributed by atoms with Crippen molar-refractivity contribution >= 4 is 0 Å². The summed E-state index contributed by atoms with van der Waals surface area (Å²) < 4.78 is 0. The van der Waals surface area contributed by atoms with E-state index < -0.39 is 0 Å². The van der Waals surface area contributed by atoms with Crippen molar-refractivity contribution in [2.45, 2.75) is 66.8 Å². The van der Waals surface area contributed by atoms with E-state index in [2.05, 4.69) is 19.2 Å². The van der Waals surface area contributed by atoms with Crippen LogP contribution in [0.5, 0.6) is 0 Å². The van der Waals surface area contributed by atoms with E-state index in [0.717, 1.165) is 0 Å². The molecule has 12 heavy (non-hydrogen) atoms. The summed E-state index contributed by atoms with van der Waals surface area (Å²) >= 11 is 0. The lowest BCUT2D eigenvalue weighted by atomic mass is 10.1. The van der Waals surface area contributed by atoms with Gasteiger partial charge in [-0.2, -0.15) is 0 Å². The lowest BCUT2D eigenvalue weighted by molar-refractivity contribution is 0.537. The molecule has 1 nitrogen and oxygen atoms in total. The lowest BCUT2D eigenvalue weighted by Gasteiger charge is -2.06. The molecule has 0 amide bonds. The molecule has 0 rings (SSSR count). The largest absolute Gasteiger partial charge is 0.317 e. The Morgan fingerprint density at radius 1 is 1.08 bits per heavy atom. The number of hydrogen-bond donors (Lipinski definition) is 1. The fourth-order valence-corrected chi connectivity index (χ4v) is 0.655. The molecule has 0 saturated heterocycles. The van der Waals surface area contributed by atoms with Crippen molar-refractivity contribution in [2.24, 2.45) is 0 Å². The zero-order valence-electron chi connectivity index (χ0n) is 10.2. The Morgan fingerprint density at radius 2 is 1.50 bits per heavy atom. The fraction of sp³-hybridized carbons (Fsp3) is 1.00. The van der Waals surface area contributed by atoms with Crippen LogP contribution in [0.4, 0.5) is 0 Å². The standard InChI is InChI=1S/C7H17N.2C2H6/c1-4-5-6-7(2)8-3;2*1-2/h7-8H,4-6H2,1-3H3;2*1-2H3. The van der Waals surface area contributed by atoms with Crippen molar-refractivity contribution in [1.29, 1.82) is 0 Å². The van der Waals surface area contributed by atoms with Crippen LogP contribution in [0, 0.1) is 0 Å². The third-order valence-corrected chi connectivity index (χ3v) is 1.48. The van der Waals surface area contributed by atoms with Crippen LogP contribution in [-0.4, -0.2) is 13.1 Å². The molecular formula is C11H29N. The van der Waals surface area contributed by atoms with Gasteiger partial charge >= 0.3 is 0 Å². The molecule has 0 heterocycles. The first kappa shape index (κ1) is 17.9. The highest BCUT2D eigenvalue weighted by Crippen LogP contribution is 1.97. The molecule has 0 spiro atoms. The Kier molecular flexibility index (Phi) is 33.5. The van der Waals surface area contributed by atoms with Gasteiger partial charge in [-0.1, -0.05) is 47.5 Å². The van der Waals surface area contributed by atoms with E-state index in [1.54, 1.807) is 0 Å². The number of rotatable bonds is 4. The van der Waals surface area contributed by atoms with Gasteiger partial charge < -0.3 is 5.32 Å². The van der Waals surface area contributed by atoms with Crippen LogP contribution < -0.4 is 5.32 Å². The Labute approximate surface area is 80.0 Å². The maximum Gasteiger partial charge on any atom is 0.00357 e. The van der Waals surface area contributed by atoms with Crippen LogP contribution in [0.3, 0.4) is 0 Å². The van der Waals surface area contributed by atoms with Crippen LogP contribution in [0.25, 0.3) is 0 Å². The quantitative estimate of drug-likeness (QED) is 0.684. The summed E-state index contributed by atoms with van der Waals surface area (Å²) in [6, 6.07) is 0.704. The first-order valence-corrected chi connectivity index (χ1v) is 5.48. The van der Waals surface area contributed by atoms with Crippen molar-refractivity contribution in [3.63, 3.8) is 0 Å². The molecule has 1 atom stereocenters. The molecule has 0 saturated carbocycles. The third-order valence-electron chi connectivity index (χ3n) is 1.48. The predicted molar refractivity (Wildman–Crippen MR) is 60.7 cm³/mol. The minimum Gasteiger partial charge on any atom is -0.317 e. The number of unbranched alkanes of at least 4 members (excludes halogenated alkanes) is 1. The molecule has 0 aromatic heterocycles. The Bertz CT molecular complexity index is 44.3. The maximum absolute atomic E-state index is 3.20. The summed E-state index contributed by atoms with van der Waals surface area (Å²) in [5, 5.41) is 3.20. The zero-order chi connectivity index (χ0) is 10.4. The van der Waals surface area contributed by atoms with Crippen LogP contribution >= 0.6 is 0 Å². The molecule has 0 aliphatic rings. The Hall–Kier alpha value is -0.0400. The minimum atomic E-state index is 0.704. The summed E-state index contributed by atoms with van der Waals surface area (Å²) in [4.78, 5) is 0. The molecule has 78 valence electrons. The van der Waals surface area contributed by atoms with Crippen molar-refractivity contribution < 1.29 is 0 Å². The van der Waals surface area contributed by atoms with E-state index >= 15 is 0 Å². The van der Waals surface area contributed by atoms with Crippen LogP contribution in [-0.2, 0) is 0 Å². The van der Waals surface area contributed by atoms with Gasteiger partial charge in [-0.3, -0.25) is 0 Å². The van der Waals surface area contributed by atoms with Crippen molar-refractivity contribution in [2.75, 3.05) is 7.05 Å². The van der Waals surface area contributed by atoms with Gasteiger partial charge in [0.25, 0.3) is 0 Å². The van der Waals surface area contributed by atoms with Crippen LogP contribution in [0.15, 0.2) is 0 Å². The average Bonchev–Trinajstić information content (AvgIpc) is 2.20. The molecule has 1 heteroatoms. The first-order chi connectivity index (χ1) is 5.81. The smallest absolute Gasteiger partial charge is 0.00357 e. The SMILES string of the molecule is CC.CC.CCCCC(C)NC. The molecule has 1 unspecified atom stereocenters. The number of hydrogen-bond acceptors (Lipinski definition) is 1. The van der Waals surface area contributed by atoms with Gasteiger partial charge in [0.05, 0.1) is 0 Å². The fourth-order valence-electron chi connectivity index (χ4n) is 0.655. The zero-order valence-corrected chi connectivity index (χ0v) is 10.2. The molecule has 0 aromatic rings. The summed E-state index contributed by atoms with van der Waals surface area (Å²) in [7, 11) is 2.01. The van der Waals surface area contributed by atoms with Gasteiger partial charge in [0.15, 0.2) is 0 Å². The number of nitrogens with one attached hydrogen (secondary N) is 1. The highest BCUT2D eigenvalue weighted by Gasteiger charge is 1.93. The second-order valence-electron chi connectivity index (χ2n) is 2.33. The molecule has 0 fully saturated rings. The highest BCUT2D eigenvalue weighted by molar-refractivity contribution is 4.54. The average molecular weight is 175 g/mol. The molecule has 1 N–H and O–H groups in total.